The molecule has 0 atom stereocenters. The summed E-state index contributed by atoms with van der Waals surface area (Å²) in [6.45, 7) is -0.351. The summed E-state index contributed by atoms with van der Waals surface area (Å²) in [5.41, 5.74) is 0. The molecule has 0 aliphatic rings. The van der Waals surface area contributed by atoms with E-state index in [0.29, 0.717) is 4.31 Å². The molecule has 0 saturated heterocycles. The number of aliphatic carboxylic acids is 1. The lowest BCUT2D eigenvalue weighted by Gasteiger charge is -2.14. The maximum atomic E-state index is 12.3. The molecule has 0 radical (unpaired) electrons. The smallest absolute Gasteiger partial charge is 0.443 e. The lowest BCUT2D eigenvalue weighted by atomic mass is 10.4. The van der Waals surface area contributed by atoms with Gasteiger partial charge in [0.15, 0.2) is 10.0 Å². The Morgan fingerprint density at radius 3 is 2.53 bits per heavy atom. The van der Waals surface area contributed by atoms with Crippen LogP contribution in [0.15, 0.2) is 10.4 Å². The van der Waals surface area contributed by atoms with Gasteiger partial charge in [0, 0.05) is 19.0 Å². The minimum Gasteiger partial charge on any atom is -0.481 e. The normalized spacial score (nSPS) is 12.9. The number of carbonyl (C=O) groups is 1. The van der Waals surface area contributed by atoms with Crippen molar-refractivity contribution in [3.63, 3.8) is 0 Å². The molecule has 0 spiro atoms. The second-order valence-corrected chi connectivity index (χ2v) is 6.31. The highest BCUT2D eigenvalue weighted by Gasteiger charge is 2.36. The Labute approximate surface area is 110 Å². The second-order valence-electron chi connectivity index (χ2n) is 3.46. The van der Waals surface area contributed by atoms with Gasteiger partial charge in [-0.3, -0.25) is 4.79 Å². The summed E-state index contributed by atoms with van der Waals surface area (Å²) in [6, 6.07) is 0. The van der Waals surface area contributed by atoms with Crippen LogP contribution in [0.5, 0.6) is 0 Å². The number of thiazole rings is 1. The predicted molar refractivity (Wildman–Crippen MR) is 59.2 cm³/mol. The van der Waals surface area contributed by atoms with Crippen LogP contribution in [0.4, 0.5) is 13.2 Å². The van der Waals surface area contributed by atoms with E-state index in [-0.39, 0.29) is 17.9 Å². The molecule has 1 heterocycles. The average Bonchev–Trinajstić information content (AvgIpc) is 2.74. The van der Waals surface area contributed by atoms with E-state index in [4.69, 9.17) is 5.11 Å². The summed E-state index contributed by atoms with van der Waals surface area (Å²) in [5, 5.41) is 7.19. The Morgan fingerprint density at radius 1 is 1.53 bits per heavy atom. The third-order valence-electron chi connectivity index (χ3n) is 2.04. The molecule has 0 fully saturated rings. The lowest BCUT2D eigenvalue weighted by Crippen LogP contribution is -2.29. The van der Waals surface area contributed by atoms with Gasteiger partial charge in [-0.25, -0.2) is 13.4 Å². The average molecular weight is 318 g/mol. The van der Waals surface area contributed by atoms with Crippen molar-refractivity contribution in [2.45, 2.75) is 17.6 Å². The highest BCUT2D eigenvalue weighted by molar-refractivity contribution is 7.89. The van der Waals surface area contributed by atoms with Gasteiger partial charge in [-0.05, 0) is 0 Å². The minimum absolute atomic E-state index is 0.167. The molecular formula is C8H9F3N2O4S2. The quantitative estimate of drug-likeness (QED) is 0.883. The van der Waals surface area contributed by atoms with Crippen LogP contribution in [-0.2, 0) is 21.0 Å². The van der Waals surface area contributed by atoms with E-state index >= 15 is 0 Å². The van der Waals surface area contributed by atoms with Crippen LogP contribution in [0.2, 0.25) is 0 Å². The van der Waals surface area contributed by atoms with Gasteiger partial charge in [0.25, 0.3) is 10.0 Å². The first-order chi connectivity index (χ1) is 8.55. The Bertz CT molecular complexity index is 567. The van der Waals surface area contributed by atoms with Gasteiger partial charge in [-0.2, -0.15) is 17.5 Å². The zero-order valence-corrected chi connectivity index (χ0v) is 11.1. The van der Waals surface area contributed by atoms with E-state index in [1.807, 2.05) is 0 Å². The molecule has 0 amide bonds. The first kappa shape index (κ1) is 15.9. The number of carboxylic acid groups (broad SMARTS) is 1. The molecule has 1 aromatic heterocycles. The molecule has 0 bridgehead atoms. The highest BCUT2D eigenvalue weighted by Crippen LogP contribution is 2.33. The first-order valence-electron chi connectivity index (χ1n) is 4.76. The number of alkyl halides is 3. The second kappa shape index (κ2) is 5.43. The number of rotatable bonds is 5. The molecule has 0 aromatic carbocycles. The molecule has 0 saturated carbocycles. The minimum atomic E-state index is -4.71. The van der Waals surface area contributed by atoms with Gasteiger partial charge >= 0.3 is 12.1 Å². The van der Waals surface area contributed by atoms with Crippen LogP contribution in [0.3, 0.4) is 0 Å². The van der Waals surface area contributed by atoms with Crippen molar-refractivity contribution in [2.24, 2.45) is 0 Å². The first-order valence-corrected chi connectivity index (χ1v) is 7.08. The fourth-order valence-electron chi connectivity index (χ4n) is 1.04. The Kier molecular flexibility index (Phi) is 4.53. The van der Waals surface area contributed by atoms with Gasteiger partial charge < -0.3 is 5.11 Å². The fraction of sp³-hybridized carbons (Fsp3) is 0.500. The Hall–Kier alpha value is -1.20. The Morgan fingerprint density at radius 2 is 2.11 bits per heavy atom. The van der Waals surface area contributed by atoms with Crippen molar-refractivity contribution in [2.75, 3.05) is 13.6 Å². The van der Waals surface area contributed by atoms with Crippen LogP contribution >= 0.6 is 11.3 Å². The lowest BCUT2D eigenvalue weighted by molar-refractivity contribution is -0.138. The topological polar surface area (TPSA) is 87.6 Å². The van der Waals surface area contributed by atoms with E-state index < -0.39 is 38.6 Å². The maximum Gasteiger partial charge on any atom is 0.443 e. The molecule has 1 aromatic rings. The Balaban J connectivity index is 2.94. The number of hydrogen-bond donors (Lipinski definition) is 1. The van der Waals surface area contributed by atoms with Crippen molar-refractivity contribution in [3.05, 3.63) is 10.4 Å². The van der Waals surface area contributed by atoms with E-state index in [9.17, 15) is 26.4 Å². The molecule has 1 rings (SSSR count). The molecule has 0 aliphatic carbocycles. The summed E-state index contributed by atoms with van der Waals surface area (Å²) in [6.07, 6.45) is -5.16. The molecular weight excluding hydrogens is 309 g/mol. The molecule has 19 heavy (non-hydrogen) atoms. The van der Waals surface area contributed by atoms with Crippen LogP contribution in [0, 0.1) is 0 Å². The van der Waals surface area contributed by atoms with Crippen molar-refractivity contribution in [1.29, 1.82) is 0 Å². The number of hydrogen-bond acceptors (Lipinski definition) is 5. The van der Waals surface area contributed by atoms with Crippen LogP contribution in [-0.4, -0.2) is 42.4 Å². The van der Waals surface area contributed by atoms with Crippen LogP contribution in [0.1, 0.15) is 11.4 Å². The van der Waals surface area contributed by atoms with Crippen molar-refractivity contribution in [3.8, 4) is 0 Å². The molecule has 0 aliphatic heterocycles. The molecule has 6 nitrogen and oxygen atoms in total. The zero-order chi connectivity index (χ0) is 14.8. The van der Waals surface area contributed by atoms with E-state index in [1.165, 1.54) is 0 Å². The van der Waals surface area contributed by atoms with Gasteiger partial charge in [0.1, 0.15) is 0 Å². The molecule has 0 unspecified atom stereocenters. The zero-order valence-electron chi connectivity index (χ0n) is 9.51. The third-order valence-corrected chi connectivity index (χ3v) is 4.82. The van der Waals surface area contributed by atoms with Crippen molar-refractivity contribution in [1.82, 2.24) is 9.29 Å². The number of aromatic nitrogens is 1. The summed E-state index contributed by atoms with van der Waals surface area (Å²) in [7, 11) is -3.13. The van der Waals surface area contributed by atoms with E-state index in [1.54, 1.807) is 0 Å². The summed E-state index contributed by atoms with van der Waals surface area (Å²) in [5.74, 6) is -1.21. The van der Waals surface area contributed by atoms with Gasteiger partial charge in [-0.15, -0.1) is 11.3 Å². The monoisotopic (exact) mass is 318 g/mol. The number of sulfonamides is 1. The highest BCUT2D eigenvalue weighted by atomic mass is 32.2. The van der Waals surface area contributed by atoms with E-state index in [0.717, 1.165) is 12.4 Å². The molecule has 11 heteroatoms. The third kappa shape index (κ3) is 3.88. The summed E-state index contributed by atoms with van der Waals surface area (Å²) in [4.78, 5) is 13.3. The largest absolute Gasteiger partial charge is 0.481 e. The summed E-state index contributed by atoms with van der Waals surface area (Å²) < 4.78 is 61.2. The summed E-state index contributed by atoms with van der Waals surface area (Å²) >= 11 is 0.167. The van der Waals surface area contributed by atoms with Crippen LogP contribution in [0.25, 0.3) is 0 Å². The van der Waals surface area contributed by atoms with Crippen molar-refractivity contribution >= 4 is 27.3 Å². The van der Waals surface area contributed by atoms with Gasteiger partial charge in [0.05, 0.1) is 6.42 Å². The molecule has 108 valence electrons. The van der Waals surface area contributed by atoms with Crippen molar-refractivity contribution < 1.29 is 31.5 Å². The fourth-order valence-corrected chi connectivity index (χ4v) is 3.14. The maximum absolute atomic E-state index is 12.3. The number of halogens is 3. The van der Waals surface area contributed by atoms with Gasteiger partial charge in [-0.1, -0.05) is 0 Å². The predicted octanol–water partition coefficient (Wildman–Crippen LogP) is 1.26. The molecule has 1 N–H and O–H groups in total. The van der Waals surface area contributed by atoms with Gasteiger partial charge in [0.2, 0.25) is 0 Å². The SMILES string of the molecule is CN(CCC(=O)O)S(=O)(=O)c1csc(C(F)(F)F)n1. The number of nitrogens with zero attached hydrogens (tertiary/aromatic N) is 2. The standard InChI is InChI=1S/C8H9F3N2O4S2/c1-13(3-2-6(14)15)19(16,17)5-4-18-7(12-5)8(9,10)11/h4H,2-3H2,1H3,(H,14,15). The van der Waals surface area contributed by atoms with Crippen LogP contribution < -0.4 is 0 Å². The number of carboxylic acids is 1. The van der Waals surface area contributed by atoms with E-state index in [2.05, 4.69) is 4.98 Å².